The quantitative estimate of drug-likeness (QED) is 0.480. The minimum atomic E-state index is -1.89. The van der Waals surface area contributed by atoms with E-state index in [9.17, 15) is 20.1 Å². The van der Waals surface area contributed by atoms with Crippen molar-refractivity contribution in [3.8, 4) is 0 Å². The third-order valence-corrected chi connectivity index (χ3v) is 3.62. The van der Waals surface area contributed by atoms with Crippen LogP contribution < -0.4 is 11.4 Å². The van der Waals surface area contributed by atoms with Crippen molar-refractivity contribution in [3.05, 3.63) is 35.4 Å². The van der Waals surface area contributed by atoms with E-state index in [1.54, 1.807) is 0 Å². The first-order valence-electron chi connectivity index (χ1n) is 5.98. The van der Waals surface area contributed by atoms with Crippen LogP contribution in [0.15, 0.2) is 29.7 Å². The maximum absolute atomic E-state index is 12.0. The Morgan fingerprint density at radius 2 is 2.35 bits per heavy atom. The van der Waals surface area contributed by atoms with Crippen molar-refractivity contribution >= 4 is 5.82 Å². The van der Waals surface area contributed by atoms with Gasteiger partial charge in [-0.15, -0.1) is 0 Å². The maximum atomic E-state index is 12.0. The van der Waals surface area contributed by atoms with Crippen LogP contribution in [-0.2, 0) is 10.5 Å². The van der Waals surface area contributed by atoms with E-state index >= 15 is 0 Å². The van der Waals surface area contributed by atoms with E-state index < -0.39 is 35.8 Å². The lowest BCUT2D eigenvalue weighted by atomic mass is 9.87. The van der Waals surface area contributed by atoms with Gasteiger partial charge in [0.1, 0.15) is 23.6 Å². The molecular weight excluding hydrogens is 266 g/mol. The van der Waals surface area contributed by atoms with Crippen molar-refractivity contribution in [2.24, 2.45) is 0 Å². The Labute approximate surface area is 114 Å². The third kappa shape index (κ3) is 1.77. The van der Waals surface area contributed by atoms with Crippen molar-refractivity contribution in [3.63, 3.8) is 0 Å². The van der Waals surface area contributed by atoms with Gasteiger partial charge in [0.15, 0.2) is 5.72 Å². The van der Waals surface area contributed by atoms with Gasteiger partial charge in [-0.1, -0.05) is 6.58 Å². The molecule has 0 spiro atoms. The van der Waals surface area contributed by atoms with Crippen molar-refractivity contribution in [1.82, 2.24) is 9.55 Å². The van der Waals surface area contributed by atoms with Gasteiger partial charge in [0.25, 0.3) is 0 Å². The summed E-state index contributed by atoms with van der Waals surface area (Å²) in [6.07, 6.45) is 0.000682. The molecule has 1 fully saturated rings. The fourth-order valence-electron chi connectivity index (χ4n) is 2.45. The van der Waals surface area contributed by atoms with Crippen molar-refractivity contribution in [2.75, 3.05) is 12.3 Å². The van der Waals surface area contributed by atoms with Crippen LogP contribution in [0.3, 0.4) is 0 Å². The number of rotatable bonds is 3. The molecule has 0 radical (unpaired) electrons. The minimum Gasteiger partial charge on any atom is -0.394 e. The van der Waals surface area contributed by atoms with Crippen molar-refractivity contribution in [2.45, 2.75) is 30.5 Å². The molecule has 4 atom stereocenters. The number of aromatic nitrogens is 2. The highest BCUT2D eigenvalue weighted by molar-refractivity contribution is 5.25. The zero-order chi connectivity index (χ0) is 15.1. The van der Waals surface area contributed by atoms with Crippen LogP contribution in [0.4, 0.5) is 5.82 Å². The average Bonchev–Trinajstić information content (AvgIpc) is 2.59. The molecule has 8 nitrogen and oxygen atoms in total. The van der Waals surface area contributed by atoms with Crippen molar-refractivity contribution < 1.29 is 20.1 Å². The summed E-state index contributed by atoms with van der Waals surface area (Å²) in [7, 11) is 0. The highest BCUT2D eigenvalue weighted by Gasteiger charge is 2.62. The zero-order valence-electron chi connectivity index (χ0n) is 10.9. The molecule has 1 aliphatic heterocycles. The van der Waals surface area contributed by atoms with E-state index in [0.717, 1.165) is 4.57 Å². The second-order valence-corrected chi connectivity index (χ2v) is 4.84. The molecule has 2 heterocycles. The molecule has 110 valence electrons. The molecule has 1 aliphatic rings. The van der Waals surface area contributed by atoms with E-state index in [-0.39, 0.29) is 5.82 Å². The van der Waals surface area contributed by atoms with Gasteiger partial charge >= 0.3 is 5.69 Å². The first-order chi connectivity index (χ1) is 9.30. The van der Waals surface area contributed by atoms with Gasteiger partial charge in [-0.05, 0) is 19.1 Å². The second kappa shape index (κ2) is 4.67. The number of nitrogens with two attached hydrogens (primary N) is 1. The summed E-state index contributed by atoms with van der Waals surface area (Å²) in [4.78, 5) is 15.5. The van der Waals surface area contributed by atoms with Gasteiger partial charge in [-0.2, -0.15) is 4.98 Å². The van der Waals surface area contributed by atoms with Gasteiger partial charge in [-0.3, -0.25) is 4.57 Å². The van der Waals surface area contributed by atoms with Crippen LogP contribution in [0.5, 0.6) is 0 Å². The number of ether oxygens (including phenoxy) is 1. The Hall–Kier alpha value is -1.74. The largest absolute Gasteiger partial charge is 0.394 e. The number of hydrogen-bond donors (Lipinski definition) is 4. The van der Waals surface area contributed by atoms with Gasteiger partial charge in [0, 0.05) is 6.20 Å². The summed E-state index contributed by atoms with van der Waals surface area (Å²) in [5.41, 5.74) is 1.01. The van der Waals surface area contributed by atoms with E-state index in [1.807, 2.05) is 0 Å². The van der Waals surface area contributed by atoms with E-state index in [1.165, 1.54) is 25.3 Å². The van der Waals surface area contributed by atoms with Gasteiger partial charge in [0.2, 0.25) is 0 Å². The smallest absolute Gasteiger partial charge is 0.352 e. The fraction of sp³-hybridized carbons (Fsp3) is 0.500. The Bertz CT molecular complexity index is 585. The maximum Gasteiger partial charge on any atom is 0.352 e. The molecule has 0 saturated carbocycles. The van der Waals surface area contributed by atoms with Gasteiger partial charge < -0.3 is 25.8 Å². The number of nitrogen functional groups attached to an aromatic ring is 1. The number of aliphatic hydroxyl groups excluding tert-OH is 2. The summed E-state index contributed by atoms with van der Waals surface area (Å²) >= 11 is 0. The van der Waals surface area contributed by atoms with Crippen LogP contribution in [0.1, 0.15) is 6.92 Å². The van der Waals surface area contributed by atoms with Crippen molar-refractivity contribution in [1.29, 1.82) is 0 Å². The topological polar surface area (TPSA) is 131 Å². The van der Waals surface area contributed by atoms with Crippen LogP contribution >= 0.6 is 0 Å². The molecule has 1 aromatic rings. The molecule has 1 aromatic heterocycles. The first kappa shape index (κ1) is 14.7. The summed E-state index contributed by atoms with van der Waals surface area (Å²) in [6.45, 7) is 4.32. The summed E-state index contributed by atoms with van der Waals surface area (Å²) in [5.74, 6) is 0.0161. The number of nitrogens with zero attached hydrogens (tertiary/aromatic N) is 2. The van der Waals surface area contributed by atoms with E-state index in [0.29, 0.717) is 0 Å². The average molecular weight is 283 g/mol. The Kier molecular flexibility index (Phi) is 3.42. The SMILES string of the molecule is C=CC1(n2ccc(N)nc2=O)OC(CO)C(O)C1(C)O. The predicted octanol–water partition coefficient (Wildman–Crippen LogP) is -1.83. The Balaban J connectivity index is 2.65. The summed E-state index contributed by atoms with van der Waals surface area (Å²) < 4.78 is 6.48. The van der Waals surface area contributed by atoms with Crippen LogP contribution in [0.25, 0.3) is 0 Å². The molecule has 4 unspecified atom stereocenters. The minimum absolute atomic E-state index is 0.0161. The molecule has 1 saturated heterocycles. The highest BCUT2D eigenvalue weighted by atomic mass is 16.6. The first-order valence-corrected chi connectivity index (χ1v) is 5.98. The number of aliphatic hydroxyl groups is 3. The molecule has 0 bridgehead atoms. The molecule has 2 rings (SSSR count). The van der Waals surface area contributed by atoms with Crippen LogP contribution in [0.2, 0.25) is 0 Å². The lowest BCUT2D eigenvalue weighted by molar-refractivity contribution is -0.157. The zero-order valence-corrected chi connectivity index (χ0v) is 10.9. The fourth-order valence-corrected chi connectivity index (χ4v) is 2.45. The molecule has 0 aromatic carbocycles. The number of hydrogen-bond acceptors (Lipinski definition) is 7. The van der Waals surface area contributed by atoms with E-state index in [4.69, 9.17) is 10.5 Å². The van der Waals surface area contributed by atoms with Gasteiger partial charge in [-0.25, -0.2) is 4.79 Å². The molecule has 0 amide bonds. The summed E-state index contributed by atoms with van der Waals surface area (Å²) in [5, 5.41) is 29.8. The molecule has 5 N–H and O–H groups in total. The molecule has 0 aliphatic carbocycles. The highest BCUT2D eigenvalue weighted by Crippen LogP contribution is 2.43. The molecule has 20 heavy (non-hydrogen) atoms. The number of anilines is 1. The second-order valence-electron chi connectivity index (χ2n) is 4.84. The lowest BCUT2D eigenvalue weighted by Gasteiger charge is -2.37. The normalized spacial score (nSPS) is 37.0. The van der Waals surface area contributed by atoms with Crippen LogP contribution in [0, 0.1) is 0 Å². The molecular formula is C12H17N3O5. The van der Waals surface area contributed by atoms with Crippen LogP contribution in [-0.4, -0.2) is 49.3 Å². The van der Waals surface area contributed by atoms with Gasteiger partial charge in [0.05, 0.1) is 6.61 Å². The monoisotopic (exact) mass is 283 g/mol. The third-order valence-electron chi connectivity index (χ3n) is 3.62. The Morgan fingerprint density at radius 3 is 2.80 bits per heavy atom. The Morgan fingerprint density at radius 1 is 1.70 bits per heavy atom. The standard InChI is InChI=1S/C12H17N3O5/c1-3-12(15-5-4-8(13)14-10(15)18)11(2,19)9(17)7(6-16)20-12/h3-5,7,9,16-17,19H,1,6H2,2H3,(H2,13,14,18). The summed E-state index contributed by atoms with van der Waals surface area (Å²) in [6, 6.07) is 1.35. The van der Waals surface area contributed by atoms with E-state index in [2.05, 4.69) is 11.6 Å². The lowest BCUT2D eigenvalue weighted by Crippen LogP contribution is -2.57. The predicted molar refractivity (Wildman–Crippen MR) is 69.7 cm³/mol. The molecule has 8 heteroatoms.